The van der Waals surface area contributed by atoms with Crippen molar-refractivity contribution in [1.82, 2.24) is 10.3 Å². The molecule has 3 aromatic rings. The number of ether oxygens (including phenoxy) is 1. The molecule has 1 amide bonds. The quantitative estimate of drug-likeness (QED) is 0.803. The van der Waals surface area contributed by atoms with Gasteiger partial charge in [0, 0.05) is 28.4 Å². The molecule has 1 N–H and O–H groups in total. The lowest BCUT2D eigenvalue weighted by Gasteiger charge is -2.07. The highest BCUT2D eigenvalue weighted by atomic mass is 32.1. The number of rotatable bonds is 4. The van der Waals surface area contributed by atoms with E-state index in [1.807, 2.05) is 6.07 Å². The number of carbonyl (C=O) groups excluding carboxylic acids is 1. The topological polar surface area (TPSA) is 51.2 Å². The van der Waals surface area contributed by atoms with Crippen LogP contribution in [0.1, 0.15) is 15.2 Å². The predicted octanol–water partition coefficient (Wildman–Crippen LogP) is 3.37. The molecule has 2 aromatic heterocycles. The minimum atomic E-state index is -0.318. The zero-order chi connectivity index (χ0) is 15.5. The standard InChI is InChI=1S/C16H13FN2O2S/c1-21-16-10(4-3-7-18-16)9-19-15(20)14-8-11-12(17)5-2-6-13(11)22-14/h2-8H,9H2,1H3,(H,19,20). The molecule has 22 heavy (non-hydrogen) atoms. The normalized spacial score (nSPS) is 10.6. The van der Waals surface area contributed by atoms with Gasteiger partial charge in [0.05, 0.1) is 12.0 Å². The molecule has 0 atom stereocenters. The fraction of sp³-hybridized carbons (Fsp3) is 0.125. The van der Waals surface area contributed by atoms with Crippen molar-refractivity contribution in [2.24, 2.45) is 0 Å². The van der Waals surface area contributed by atoms with Gasteiger partial charge < -0.3 is 10.1 Å². The summed E-state index contributed by atoms with van der Waals surface area (Å²) in [7, 11) is 1.53. The highest BCUT2D eigenvalue weighted by molar-refractivity contribution is 7.20. The second-order valence-corrected chi connectivity index (χ2v) is 5.70. The Balaban J connectivity index is 1.77. The van der Waals surface area contributed by atoms with Gasteiger partial charge >= 0.3 is 0 Å². The van der Waals surface area contributed by atoms with E-state index in [9.17, 15) is 9.18 Å². The average Bonchev–Trinajstić information content (AvgIpc) is 2.98. The first-order valence-corrected chi connectivity index (χ1v) is 7.45. The smallest absolute Gasteiger partial charge is 0.261 e. The molecule has 112 valence electrons. The maximum atomic E-state index is 13.7. The van der Waals surface area contributed by atoms with Gasteiger partial charge in [-0.1, -0.05) is 12.1 Å². The lowest BCUT2D eigenvalue weighted by atomic mass is 10.2. The second-order valence-electron chi connectivity index (χ2n) is 4.62. The van der Waals surface area contributed by atoms with Crippen LogP contribution in [-0.2, 0) is 6.54 Å². The van der Waals surface area contributed by atoms with E-state index in [0.717, 1.165) is 10.3 Å². The lowest BCUT2D eigenvalue weighted by Crippen LogP contribution is -2.22. The van der Waals surface area contributed by atoms with Gasteiger partial charge in [-0.15, -0.1) is 11.3 Å². The maximum absolute atomic E-state index is 13.7. The van der Waals surface area contributed by atoms with Gasteiger partial charge in [-0.05, 0) is 24.3 Å². The summed E-state index contributed by atoms with van der Waals surface area (Å²) in [6.07, 6.45) is 1.62. The third-order valence-electron chi connectivity index (χ3n) is 3.21. The van der Waals surface area contributed by atoms with E-state index in [4.69, 9.17) is 4.74 Å². The SMILES string of the molecule is COc1ncccc1CNC(=O)c1cc2c(F)cccc2s1. The molecule has 1 aromatic carbocycles. The molecular formula is C16H13FN2O2S. The summed E-state index contributed by atoms with van der Waals surface area (Å²) in [5.41, 5.74) is 0.783. The second kappa shape index (κ2) is 6.11. The van der Waals surface area contributed by atoms with Gasteiger partial charge in [0.15, 0.2) is 0 Å². The molecule has 0 aliphatic carbocycles. The van der Waals surface area contributed by atoms with E-state index in [1.54, 1.807) is 30.5 Å². The van der Waals surface area contributed by atoms with Crippen molar-refractivity contribution in [3.8, 4) is 5.88 Å². The summed E-state index contributed by atoms with van der Waals surface area (Å²) >= 11 is 1.27. The minimum Gasteiger partial charge on any atom is -0.481 e. The Hall–Kier alpha value is -2.47. The Kier molecular flexibility index (Phi) is 4.02. The molecule has 3 rings (SSSR count). The molecule has 0 radical (unpaired) electrons. The number of thiophene rings is 1. The van der Waals surface area contributed by atoms with Crippen molar-refractivity contribution in [2.45, 2.75) is 6.54 Å². The van der Waals surface area contributed by atoms with Gasteiger partial charge in [0.25, 0.3) is 5.91 Å². The Morgan fingerprint density at radius 1 is 1.36 bits per heavy atom. The summed E-state index contributed by atoms with van der Waals surface area (Å²) in [5, 5.41) is 3.27. The largest absolute Gasteiger partial charge is 0.481 e. The summed E-state index contributed by atoms with van der Waals surface area (Å²) in [5.74, 6) is -0.0848. The molecule has 0 aliphatic rings. The Morgan fingerprint density at radius 3 is 3.00 bits per heavy atom. The van der Waals surface area contributed by atoms with Crippen LogP contribution in [0.5, 0.6) is 5.88 Å². The molecule has 0 aliphatic heterocycles. The third kappa shape index (κ3) is 2.78. The summed E-state index contributed by atoms with van der Waals surface area (Å²) in [6, 6.07) is 10.00. The van der Waals surface area contributed by atoms with Crippen molar-refractivity contribution in [3.05, 3.63) is 58.9 Å². The maximum Gasteiger partial charge on any atom is 0.261 e. The number of aromatic nitrogens is 1. The first-order valence-electron chi connectivity index (χ1n) is 6.63. The van der Waals surface area contributed by atoms with E-state index >= 15 is 0 Å². The van der Waals surface area contributed by atoms with Crippen molar-refractivity contribution < 1.29 is 13.9 Å². The van der Waals surface area contributed by atoms with Crippen molar-refractivity contribution in [1.29, 1.82) is 0 Å². The van der Waals surface area contributed by atoms with Crippen LogP contribution in [0.15, 0.2) is 42.6 Å². The lowest BCUT2D eigenvalue weighted by molar-refractivity contribution is 0.0955. The van der Waals surface area contributed by atoms with E-state index in [1.165, 1.54) is 24.5 Å². The van der Waals surface area contributed by atoms with E-state index in [2.05, 4.69) is 10.3 Å². The van der Waals surface area contributed by atoms with E-state index in [-0.39, 0.29) is 11.7 Å². The van der Waals surface area contributed by atoms with Crippen LogP contribution in [0.4, 0.5) is 4.39 Å². The summed E-state index contributed by atoms with van der Waals surface area (Å²) < 4.78 is 19.6. The number of hydrogen-bond acceptors (Lipinski definition) is 4. The molecule has 0 unspecified atom stereocenters. The molecule has 0 fully saturated rings. The van der Waals surface area contributed by atoms with Crippen LogP contribution in [0.2, 0.25) is 0 Å². The first kappa shape index (κ1) is 14.5. The van der Waals surface area contributed by atoms with Crippen LogP contribution in [0.25, 0.3) is 10.1 Å². The number of benzene rings is 1. The molecule has 2 heterocycles. The monoisotopic (exact) mass is 316 g/mol. The Labute approximate surface area is 130 Å². The fourth-order valence-corrected chi connectivity index (χ4v) is 3.13. The van der Waals surface area contributed by atoms with Gasteiger partial charge in [-0.3, -0.25) is 4.79 Å². The van der Waals surface area contributed by atoms with Crippen LogP contribution in [0.3, 0.4) is 0 Å². The first-order chi connectivity index (χ1) is 10.7. The number of nitrogens with zero attached hydrogens (tertiary/aromatic N) is 1. The fourth-order valence-electron chi connectivity index (χ4n) is 2.14. The summed E-state index contributed by atoms with van der Waals surface area (Å²) in [6.45, 7) is 0.298. The van der Waals surface area contributed by atoms with Gasteiger partial charge in [-0.25, -0.2) is 9.37 Å². The molecule has 0 bridgehead atoms. The highest BCUT2D eigenvalue weighted by Crippen LogP contribution is 2.27. The average molecular weight is 316 g/mol. The van der Waals surface area contributed by atoms with E-state index in [0.29, 0.717) is 22.7 Å². The van der Waals surface area contributed by atoms with Crippen LogP contribution < -0.4 is 10.1 Å². The molecule has 4 nitrogen and oxygen atoms in total. The predicted molar refractivity (Wildman–Crippen MR) is 83.7 cm³/mol. The van der Waals surface area contributed by atoms with Crippen LogP contribution >= 0.6 is 11.3 Å². The highest BCUT2D eigenvalue weighted by Gasteiger charge is 2.13. The Bertz CT molecular complexity index is 832. The molecule has 6 heteroatoms. The number of amides is 1. The number of hydrogen-bond donors (Lipinski definition) is 1. The number of fused-ring (bicyclic) bond motifs is 1. The van der Waals surface area contributed by atoms with Crippen molar-refractivity contribution >= 4 is 27.3 Å². The van der Waals surface area contributed by atoms with Gasteiger partial charge in [-0.2, -0.15) is 0 Å². The molecule has 0 saturated heterocycles. The van der Waals surface area contributed by atoms with Crippen LogP contribution in [0, 0.1) is 5.82 Å². The number of carbonyl (C=O) groups is 1. The van der Waals surface area contributed by atoms with Crippen LogP contribution in [-0.4, -0.2) is 18.0 Å². The number of methoxy groups -OCH3 is 1. The van der Waals surface area contributed by atoms with Gasteiger partial charge in [0.1, 0.15) is 5.82 Å². The number of pyridine rings is 1. The number of halogens is 1. The third-order valence-corrected chi connectivity index (χ3v) is 4.31. The molecule has 0 spiro atoms. The number of nitrogens with one attached hydrogen (secondary N) is 1. The Morgan fingerprint density at radius 2 is 2.23 bits per heavy atom. The van der Waals surface area contributed by atoms with Crippen molar-refractivity contribution in [2.75, 3.05) is 7.11 Å². The minimum absolute atomic E-state index is 0.244. The zero-order valence-corrected chi connectivity index (χ0v) is 12.6. The van der Waals surface area contributed by atoms with Crippen molar-refractivity contribution in [3.63, 3.8) is 0 Å². The van der Waals surface area contributed by atoms with E-state index < -0.39 is 0 Å². The molecule has 0 saturated carbocycles. The summed E-state index contributed by atoms with van der Waals surface area (Å²) in [4.78, 5) is 16.8. The molecular weight excluding hydrogens is 303 g/mol. The zero-order valence-electron chi connectivity index (χ0n) is 11.8. The van der Waals surface area contributed by atoms with Gasteiger partial charge in [0.2, 0.25) is 5.88 Å².